The van der Waals surface area contributed by atoms with Gasteiger partial charge in [0, 0.05) is 11.8 Å². The van der Waals surface area contributed by atoms with E-state index in [2.05, 4.69) is 5.32 Å². The molecule has 0 aliphatic heterocycles. The van der Waals surface area contributed by atoms with Gasteiger partial charge >= 0.3 is 0 Å². The fourth-order valence-electron chi connectivity index (χ4n) is 1.01. The van der Waals surface area contributed by atoms with Crippen LogP contribution in [0.1, 0.15) is 13.8 Å². The molecule has 0 radical (unpaired) electrons. The second-order valence-corrected chi connectivity index (χ2v) is 5.20. The fourth-order valence-corrected chi connectivity index (χ4v) is 1.31. The first-order chi connectivity index (χ1) is 7.71. The van der Waals surface area contributed by atoms with Gasteiger partial charge in [-0.05, 0) is 26.0 Å². The van der Waals surface area contributed by atoms with Gasteiger partial charge in [-0.3, -0.25) is 14.9 Å². The minimum Gasteiger partial charge on any atom is -0.325 e. The first-order valence-corrected chi connectivity index (χ1v) is 5.41. The highest BCUT2D eigenvalue weighted by Gasteiger charge is 2.24. The van der Waals surface area contributed by atoms with Crippen molar-refractivity contribution in [3.63, 3.8) is 0 Å². The van der Waals surface area contributed by atoms with E-state index in [1.165, 1.54) is 32.0 Å². The summed E-state index contributed by atoms with van der Waals surface area (Å²) >= 11 is 11.5. The Morgan fingerprint density at radius 1 is 1.47 bits per heavy atom. The standard InChI is InChI=1S/C10H10Cl2N2O3/c1-10(2,12)9(15)13-6-3-4-8(14(16)17)7(11)5-6/h3-5H,1-2H3,(H,13,15). The number of carbonyl (C=O) groups is 1. The smallest absolute Gasteiger partial charge is 0.288 e. The molecule has 1 rings (SSSR count). The summed E-state index contributed by atoms with van der Waals surface area (Å²) in [6.45, 7) is 3.08. The number of anilines is 1. The Labute approximate surface area is 108 Å². The van der Waals surface area contributed by atoms with Crippen LogP contribution in [0.4, 0.5) is 11.4 Å². The highest BCUT2D eigenvalue weighted by Crippen LogP contribution is 2.27. The van der Waals surface area contributed by atoms with Crippen LogP contribution in [0.15, 0.2) is 18.2 Å². The molecule has 17 heavy (non-hydrogen) atoms. The number of amides is 1. The molecule has 92 valence electrons. The number of rotatable bonds is 3. The maximum atomic E-state index is 11.5. The first kappa shape index (κ1) is 13.7. The monoisotopic (exact) mass is 276 g/mol. The summed E-state index contributed by atoms with van der Waals surface area (Å²) in [5, 5.41) is 13.0. The van der Waals surface area contributed by atoms with E-state index in [9.17, 15) is 14.9 Å². The second kappa shape index (κ2) is 4.89. The van der Waals surface area contributed by atoms with E-state index in [4.69, 9.17) is 23.2 Å². The third-order valence-electron chi connectivity index (χ3n) is 1.94. The van der Waals surface area contributed by atoms with Crippen molar-refractivity contribution in [3.05, 3.63) is 33.3 Å². The molecular formula is C10H10Cl2N2O3. The predicted octanol–water partition coefficient (Wildman–Crippen LogP) is 3.20. The fraction of sp³-hybridized carbons (Fsp3) is 0.300. The van der Waals surface area contributed by atoms with Crippen LogP contribution in [0.2, 0.25) is 5.02 Å². The van der Waals surface area contributed by atoms with Crippen molar-refractivity contribution in [2.45, 2.75) is 18.7 Å². The maximum Gasteiger partial charge on any atom is 0.288 e. The number of benzene rings is 1. The molecule has 0 aliphatic carbocycles. The molecule has 7 heteroatoms. The quantitative estimate of drug-likeness (QED) is 0.523. The highest BCUT2D eigenvalue weighted by atomic mass is 35.5. The van der Waals surface area contributed by atoms with Crippen molar-refractivity contribution >= 4 is 40.5 Å². The zero-order chi connectivity index (χ0) is 13.2. The SMILES string of the molecule is CC(C)(Cl)C(=O)Nc1ccc([N+](=O)[O-])c(Cl)c1. The molecule has 0 aliphatic rings. The number of nitro benzene ring substituents is 1. The number of nitro groups is 1. The maximum absolute atomic E-state index is 11.5. The minimum absolute atomic E-state index is 0.0415. The minimum atomic E-state index is -1.06. The van der Waals surface area contributed by atoms with Gasteiger partial charge in [-0.25, -0.2) is 0 Å². The lowest BCUT2D eigenvalue weighted by Crippen LogP contribution is -2.31. The molecule has 1 amide bonds. The van der Waals surface area contributed by atoms with E-state index in [1.807, 2.05) is 0 Å². The Morgan fingerprint density at radius 3 is 2.47 bits per heavy atom. The largest absolute Gasteiger partial charge is 0.325 e. The number of hydrogen-bond acceptors (Lipinski definition) is 3. The average molecular weight is 277 g/mol. The summed E-state index contributed by atoms with van der Waals surface area (Å²) in [6, 6.07) is 3.92. The summed E-state index contributed by atoms with van der Waals surface area (Å²) in [7, 11) is 0. The molecule has 0 saturated heterocycles. The van der Waals surface area contributed by atoms with Gasteiger partial charge in [0.15, 0.2) is 0 Å². The molecule has 0 bridgehead atoms. The Bertz CT molecular complexity index is 469. The number of alkyl halides is 1. The van der Waals surface area contributed by atoms with Crippen LogP contribution in [-0.2, 0) is 4.79 Å². The third-order valence-corrected chi connectivity index (χ3v) is 2.42. The highest BCUT2D eigenvalue weighted by molar-refractivity contribution is 6.36. The van der Waals surface area contributed by atoms with E-state index in [-0.39, 0.29) is 10.7 Å². The zero-order valence-electron chi connectivity index (χ0n) is 9.16. The molecule has 0 unspecified atom stereocenters. The van der Waals surface area contributed by atoms with Crippen LogP contribution in [0.5, 0.6) is 0 Å². The Morgan fingerprint density at radius 2 is 2.06 bits per heavy atom. The number of hydrogen-bond donors (Lipinski definition) is 1. The normalized spacial score (nSPS) is 11.1. The summed E-state index contributed by atoms with van der Waals surface area (Å²) in [4.78, 5) is 20.4. The molecule has 0 atom stereocenters. The van der Waals surface area contributed by atoms with E-state index in [0.717, 1.165) is 0 Å². The van der Waals surface area contributed by atoms with Crippen molar-refractivity contribution in [2.24, 2.45) is 0 Å². The summed E-state index contributed by atoms with van der Waals surface area (Å²) in [5.41, 5.74) is 0.147. The average Bonchev–Trinajstić information content (AvgIpc) is 2.15. The van der Waals surface area contributed by atoms with Crippen LogP contribution < -0.4 is 5.32 Å². The molecular weight excluding hydrogens is 267 g/mol. The van der Waals surface area contributed by atoms with E-state index in [0.29, 0.717) is 5.69 Å². The Hall–Kier alpha value is -1.33. The number of halogens is 2. The third kappa shape index (κ3) is 3.57. The van der Waals surface area contributed by atoms with Crippen molar-refractivity contribution in [1.29, 1.82) is 0 Å². The van der Waals surface area contributed by atoms with Crippen molar-refractivity contribution in [3.8, 4) is 0 Å². The van der Waals surface area contributed by atoms with E-state index >= 15 is 0 Å². The van der Waals surface area contributed by atoms with E-state index in [1.54, 1.807) is 0 Å². The second-order valence-electron chi connectivity index (χ2n) is 3.85. The lowest BCUT2D eigenvalue weighted by molar-refractivity contribution is -0.384. The number of nitrogens with one attached hydrogen (secondary N) is 1. The summed E-state index contributed by atoms with van der Waals surface area (Å²) < 4.78 is 0. The van der Waals surface area contributed by atoms with Gasteiger partial charge < -0.3 is 5.32 Å². The molecule has 0 saturated carbocycles. The Kier molecular flexibility index (Phi) is 3.95. The number of nitrogens with zero attached hydrogens (tertiary/aromatic N) is 1. The van der Waals surface area contributed by atoms with Crippen molar-refractivity contribution in [1.82, 2.24) is 0 Å². The molecule has 0 aromatic heterocycles. The van der Waals surface area contributed by atoms with E-state index < -0.39 is 15.7 Å². The predicted molar refractivity (Wildman–Crippen MR) is 66.7 cm³/mol. The van der Waals surface area contributed by atoms with Crippen LogP contribution in [0, 0.1) is 10.1 Å². The van der Waals surface area contributed by atoms with Crippen LogP contribution in [0.25, 0.3) is 0 Å². The van der Waals surface area contributed by atoms with Gasteiger partial charge in [0.25, 0.3) is 5.69 Å². The summed E-state index contributed by atoms with van der Waals surface area (Å²) in [5.74, 6) is -0.413. The summed E-state index contributed by atoms with van der Waals surface area (Å²) in [6.07, 6.45) is 0. The van der Waals surface area contributed by atoms with Crippen molar-refractivity contribution < 1.29 is 9.72 Å². The molecule has 1 aromatic carbocycles. The zero-order valence-corrected chi connectivity index (χ0v) is 10.7. The first-order valence-electron chi connectivity index (χ1n) is 4.66. The van der Waals surface area contributed by atoms with Crippen LogP contribution in [-0.4, -0.2) is 15.7 Å². The molecule has 0 spiro atoms. The molecule has 1 aromatic rings. The van der Waals surface area contributed by atoms with Crippen LogP contribution in [0.3, 0.4) is 0 Å². The Balaban J connectivity index is 2.92. The topological polar surface area (TPSA) is 72.2 Å². The van der Waals surface area contributed by atoms with Gasteiger partial charge in [0.1, 0.15) is 9.90 Å². The number of carbonyl (C=O) groups excluding carboxylic acids is 1. The van der Waals surface area contributed by atoms with Gasteiger partial charge in [0.2, 0.25) is 5.91 Å². The molecule has 5 nitrogen and oxygen atoms in total. The van der Waals surface area contributed by atoms with Crippen molar-refractivity contribution in [2.75, 3.05) is 5.32 Å². The van der Waals surface area contributed by atoms with Gasteiger partial charge in [-0.2, -0.15) is 0 Å². The molecule has 0 heterocycles. The lowest BCUT2D eigenvalue weighted by atomic mass is 10.2. The molecule has 0 fully saturated rings. The van der Waals surface area contributed by atoms with Gasteiger partial charge in [0.05, 0.1) is 4.92 Å². The molecule has 1 N–H and O–H groups in total. The van der Waals surface area contributed by atoms with Crippen LogP contribution >= 0.6 is 23.2 Å². The van der Waals surface area contributed by atoms with Gasteiger partial charge in [-0.1, -0.05) is 11.6 Å². The van der Waals surface area contributed by atoms with Gasteiger partial charge in [-0.15, -0.1) is 11.6 Å². The lowest BCUT2D eigenvalue weighted by Gasteiger charge is -2.15.